The fourth-order valence-electron chi connectivity index (χ4n) is 4.20. The van der Waals surface area contributed by atoms with Crippen LogP contribution < -0.4 is 15.4 Å². The summed E-state index contributed by atoms with van der Waals surface area (Å²) < 4.78 is 5.99. The molecule has 0 bridgehead atoms. The fraction of sp³-hybridized carbons (Fsp3) is 0.409. The summed E-state index contributed by atoms with van der Waals surface area (Å²) in [6.07, 6.45) is 0. The summed E-state index contributed by atoms with van der Waals surface area (Å²) in [6.45, 7) is 1.50. The van der Waals surface area contributed by atoms with Gasteiger partial charge in [-0.05, 0) is 23.6 Å². The molecule has 4 rings (SSSR count). The van der Waals surface area contributed by atoms with Gasteiger partial charge in [0.1, 0.15) is 12.4 Å². The molecule has 1 spiro atoms. The van der Waals surface area contributed by atoms with E-state index in [4.69, 9.17) is 4.74 Å². The fourth-order valence-corrected chi connectivity index (χ4v) is 4.84. The quantitative estimate of drug-likeness (QED) is 0.720. The van der Waals surface area contributed by atoms with E-state index in [1.54, 1.807) is 43.6 Å². The summed E-state index contributed by atoms with van der Waals surface area (Å²) in [4.78, 5) is 43.0. The van der Waals surface area contributed by atoms with Crippen LogP contribution >= 0.6 is 11.3 Å². The van der Waals surface area contributed by atoms with Gasteiger partial charge in [-0.1, -0.05) is 18.2 Å². The van der Waals surface area contributed by atoms with Crippen LogP contribution in [-0.2, 0) is 16.1 Å². The van der Waals surface area contributed by atoms with Gasteiger partial charge in [-0.3, -0.25) is 19.3 Å². The number of rotatable bonds is 5. The van der Waals surface area contributed by atoms with Crippen LogP contribution in [0.3, 0.4) is 0 Å². The van der Waals surface area contributed by atoms with E-state index in [-0.39, 0.29) is 30.9 Å². The summed E-state index contributed by atoms with van der Waals surface area (Å²) >= 11 is 1.59. The summed E-state index contributed by atoms with van der Waals surface area (Å²) in [7, 11) is 3.39. The van der Waals surface area contributed by atoms with Crippen molar-refractivity contribution < 1.29 is 19.1 Å². The van der Waals surface area contributed by atoms with Crippen LogP contribution in [0, 0.1) is 5.92 Å². The van der Waals surface area contributed by atoms with Crippen LogP contribution in [0.4, 0.5) is 0 Å². The van der Waals surface area contributed by atoms with Gasteiger partial charge in [0, 0.05) is 32.1 Å². The second-order valence-corrected chi connectivity index (χ2v) is 9.24. The second-order valence-electron chi connectivity index (χ2n) is 8.21. The maximum Gasteiger partial charge on any atom is 0.255 e. The number of amides is 3. The molecule has 3 amide bonds. The van der Waals surface area contributed by atoms with E-state index < -0.39 is 11.5 Å². The van der Waals surface area contributed by atoms with Crippen molar-refractivity contribution in [2.24, 2.45) is 5.92 Å². The van der Waals surface area contributed by atoms with Crippen molar-refractivity contribution in [2.45, 2.75) is 12.1 Å². The van der Waals surface area contributed by atoms with Gasteiger partial charge in [0.2, 0.25) is 11.8 Å². The SMILES string of the molecule is CN(C)C(=O)[C@H]1CN(CC(=O)NCc2cccs2)C[C@@]12COc1ccccc1C(=O)N2. The van der Waals surface area contributed by atoms with Crippen molar-refractivity contribution in [1.82, 2.24) is 20.4 Å². The van der Waals surface area contributed by atoms with Gasteiger partial charge in [0.25, 0.3) is 5.91 Å². The van der Waals surface area contributed by atoms with Gasteiger partial charge < -0.3 is 20.3 Å². The molecular weight excluding hydrogens is 416 g/mol. The zero-order valence-electron chi connectivity index (χ0n) is 17.6. The maximum atomic E-state index is 13.0. The Morgan fingerprint density at radius 3 is 2.84 bits per heavy atom. The van der Waals surface area contributed by atoms with Crippen LogP contribution in [0.5, 0.6) is 5.75 Å². The van der Waals surface area contributed by atoms with Crippen LogP contribution in [0.1, 0.15) is 15.2 Å². The highest BCUT2D eigenvalue weighted by Gasteiger charge is 2.53. The highest BCUT2D eigenvalue weighted by Crippen LogP contribution is 2.34. The Kier molecular flexibility index (Phi) is 5.97. The molecule has 0 aliphatic carbocycles. The number of hydrogen-bond donors (Lipinski definition) is 2. The minimum atomic E-state index is -0.911. The molecular formula is C22H26N4O4S. The lowest BCUT2D eigenvalue weighted by Crippen LogP contribution is -2.60. The Balaban J connectivity index is 1.51. The molecule has 1 saturated heterocycles. The molecule has 2 N–H and O–H groups in total. The van der Waals surface area contributed by atoms with Gasteiger partial charge in [-0.25, -0.2) is 0 Å². The molecule has 2 aliphatic rings. The van der Waals surface area contributed by atoms with Crippen LogP contribution in [-0.4, -0.2) is 73.4 Å². The predicted molar refractivity (Wildman–Crippen MR) is 117 cm³/mol. The van der Waals surface area contributed by atoms with Crippen molar-refractivity contribution in [3.8, 4) is 5.75 Å². The highest BCUT2D eigenvalue weighted by atomic mass is 32.1. The summed E-state index contributed by atoms with van der Waals surface area (Å²) in [5, 5.41) is 7.96. The minimum absolute atomic E-state index is 0.101. The van der Waals surface area contributed by atoms with E-state index in [0.717, 1.165) is 4.88 Å². The normalized spacial score (nSPS) is 22.9. The van der Waals surface area contributed by atoms with Crippen molar-refractivity contribution in [3.05, 3.63) is 52.2 Å². The van der Waals surface area contributed by atoms with Crippen LogP contribution in [0.25, 0.3) is 0 Å². The van der Waals surface area contributed by atoms with E-state index in [9.17, 15) is 14.4 Å². The van der Waals surface area contributed by atoms with Gasteiger partial charge in [-0.15, -0.1) is 11.3 Å². The Labute approximate surface area is 185 Å². The standard InChI is InChI=1S/C22H26N4O4S/c1-25(2)21(29)17-11-26(12-19(27)23-10-15-6-5-9-31-15)13-22(17)14-30-18-8-4-3-7-16(18)20(28)24-22/h3-9,17H,10-14H2,1-2H3,(H,23,27)(H,24,28)/t17-,22-/m1/s1. The Bertz CT molecular complexity index is 978. The molecule has 164 valence electrons. The summed E-state index contributed by atoms with van der Waals surface area (Å²) in [5.74, 6) is -0.512. The Morgan fingerprint density at radius 2 is 2.10 bits per heavy atom. The molecule has 9 heteroatoms. The lowest BCUT2D eigenvalue weighted by molar-refractivity contribution is -0.135. The number of benzene rings is 1. The Hall–Kier alpha value is -2.91. The van der Waals surface area contributed by atoms with Crippen LogP contribution in [0.15, 0.2) is 41.8 Å². The third-order valence-corrected chi connectivity index (χ3v) is 6.62. The summed E-state index contributed by atoms with van der Waals surface area (Å²) in [6, 6.07) is 11.0. The number of nitrogens with zero attached hydrogens (tertiary/aromatic N) is 2. The largest absolute Gasteiger partial charge is 0.490 e. The number of thiophene rings is 1. The first-order valence-electron chi connectivity index (χ1n) is 10.1. The molecule has 0 unspecified atom stereocenters. The van der Waals surface area contributed by atoms with Crippen molar-refractivity contribution in [2.75, 3.05) is 40.3 Å². The predicted octanol–water partition coefficient (Wildman–Crippen LogP) is 0.946. The molecule has 1 aromatic heterocycles. The third-order valence-electron chi connectivity index (χ3n) is 5.74. The van der Waals surface area contributed by atoms with Gasteiger partial charge >= 0.3 is 0 Å². The number of fused-ring (bicyclic) bond motifs is 1. The van der Waals surface area contributed by atoms with E-state index in [1.165, 1.54) is 4.90 Å². The van der Waals surface area contributed by atoms with E-state index >= 15 is 0 Å². The number of ether oxygens (including phenoxy) is 1. The zero-order chi connectivity index (χ0) is 22.0. The first-order valence-corrected chi connectivity index (χ1v) is 11.0. The van der Waals surface area contributed by atoms with Crippen molar-refractivity contribution in [1.29, 1.82) is 0 Å². The van der Waals surface area contributed by atoms with Gasteiger partial charge in [0.15, 0.2) is 0 Å². The number of carbonyl (C=O) groups is 3. The number of likely N-dealkylation sites (tertiary alicyclic amines) is 1. The van der Waals surface area contributed by atoms with Gasteiger partial charge in [0.05, 0.1) is 30.1 Å². The molecule has 0 radical (unpaired) electrons. The van der Waals surface area contributed by atoms with Crippen molar-refractivity contribution in [3.63, 3.8) is 0 Å². The van der Waals surface area contributed by atoms with Crippen LogP contribution in [0.2, 0.25) is 0 Å². The molecule has 2 aromatic rings. The van der Waals surface area contributed by atoms with E-state index in [1.807, 2.05) is 28.5 Å². The molecule has 8 nitrogen and oxygen atoms in total. The monoisotopic (exact) mass is 442 g/mol. The molecule has 1 aromatic carbocycles. The molecule has 0 saturated carbocycles. The van der Waals surface area contributed by atoms with E-state index in [0.29, 0.717) is 30.9 Å². The summed E-state index contributed by atoms with van der Waals surface area (Å²) in [5.41, 5.74) is -0.464. The lowest BCUT2D eigenvalue weighted by Gasteiger charge is -2.34. The second kappa shape index (κ2) is 8.68. The first-order chi connectivity index (χ1) is 14.9. The minimum Gasteiger partial charge on any atom is -0.490 e. The average Bonchev–Trinajstić information content (AvgIpc) is 3.35. The first kappa shape index (κ1) is 21.3. The smallest absolute Gasteiger partial charge is 0.255 e. The molecule has 3 heterocycles. The Morgan fingerprint density at radius 1 is 1.29 bits per heavy atom. The van der Waals surface area contributed by atoms with Crippen molar-refractivity contribution >= 4 is 29.1 Å². The highest BCUT2D eigenvalue weighted by molar-refractivity contribution is 7.09. The molecule has 31 heavy (non-hydrogen) atoms. The van der Waals surface area contributed by atoms with Gasteiger partial charge in [-0.2, -0.15) is 0 Å². The average molecular weight is 443 g/mol. The maximum absolute atomic E-state index is 13.0. The number of para-hydroxylation sites is 1. The third kappa shape index (κ3) is 4.42. The zero-order valence-corrected chi connectivity index (χ0v) is 18.4. The lowest BCUT2D eigenvalue weighted by atomic mass is 9.86. The van der Waals surface area contributed by atoms with E-state index in [2.05, 4.69) is 10.6 Å². The molecule has 2 atom stereocenters. The topological polar surface area (TPSA) is 91.0 Å². The molecule has 1 fully saturated rings. The molecule has 2 aliphatic heterocycles. The number of hydrogen-bond acceptors (Lipinski definition) is 6. The number of nitrogens with one attached hydrogen (secondary N) is 2. The number of carbonyl (C=O) groups excluding carboxylic acids is 3.